The van der Waals surface area contributed by atoms with Gasteiger partial charge in [0.1, 0.15) is 17.2 Å². The molecule has 6 rings (SSSR count). The zero-order valence-electron chi connectivity index (χ0n) is 18.8. The number of halogens is 3. The predicted octanol–water partition coefficient (Wildman–Crippen LogP) is 3.02. The van der Waals surface area contributed by atoms with Crippen LogP contribution < -0.4 is 20.1 Å². The van der Waals surface area contributed by atoms with Crippen LogP contribution >= 0.6 is 11.6 Å². The van der Waals surface area contributed by atoms with Gasteiger partial charge in [0.25, 0.3) is 17.7 Å². The number of ether oxygens (including phenoxy) is 2. The number of rotatable bonds is 7. The van der Waals surface area contributed by atoms with E-state index in [0.717, 1.165) is 19.2 Å². The molecule has 2 aromatic rings. The molecule has 2 amide bonds. The number of aliphatic hydroxyl groups is 1. The maximum atomic E-state index is 13.2. The number of pyridine rings is 1. The Bertz CT molecular complexity index is 1150. The Kier molecular flexibility index (Phi) is 5.63. The zero-order valence-corrected chi connectivity index (χ0v) is 19.6. The normalized spacial score (nSPS) is 28.5. The summed E-state index contributed by atoms with van der Waals surface area (Å²) >= 11 is 5.97. The first kappa shape index (κ1) is 23.7. The van der Waals surface area contributed by atoms with E-state index in [1.807, 2.05) is 0 Å². The number of fused-ring (bicyclic) bond motifs is 1. The van der Waals surface area contributed by atoms with E-state index in [0.29, 0.717) is 35.6 Å². The van der Waals surface area contributed by atoms with Crippen molar-refractivity contribution in [3.8, 4) is 11.5 Å². The van der Waals surface area contributed by atoms with Gasteiger partial charge in [-0.05, 0) is 49.6 Å². The van der Waals surface area contributed by atoms with Crippen LogP contribution in [0.4, 0.5) is 8.78 Å². The van der Waals surface area contributed by atoms with Crippen molar-refractivity contribution in [2.75, 3.05) is 6.61 Å². The third-order valence-corrected chi connectivity index (χ3v) is 6.94. The van der Waals surface area contributed by atoms with E-state index in [-0.39, 0.29) is 36.3 Å². The third kappa shape index (κ3) is 4.64. The third-order valence-electron chi connectivity index (χ3n) is 6.71. The van der Waals surface area contributed by atoms with Gasteiger partial charge in [-0.25, -0.2) is 0 Å². The van der Waals surface area contributed by atoms with Gasteiger partial charge in [-0.15, -0.1) is 0 Å². The number of nitrogens with zero attached hydrogens (tertiary/aromatic N) is 1. The van der Waals surface area contributed by atoms with Crippen molar-refractivity contribution in [2.24, 2.45) is 0 Å². The Morgan fingerprint density at radius 1 is 1.23 bits per heavy atom. The van der Waals surface area contributed by atoms with Crippen molar-refractivity contribution >= 4 is 23.4 Å². The first-order valence-electron chi connectivity index (χ1n) is 11.2. The van der Waals surface area contributed by atoms with Crippen LogP contribution in [0.2, 0.25) is 5.02 Å². The minimum atomic E-state index is -3.05. The summed E-state index contributed by atoms with van der Waals surface area (Å²) in [6, 6.07) is 7.40. The second-order valence-electron chi connectivity index (χ2n) is 9.72. The number of aliphatic hydroxyl groups excluding tert-OH is 1. The van der Waals surface area contributed by atoms with Crippen molar-refractivity contribution in [3.05, 3.63) is 52.8 Å². The fraction of sp³-hybridized carbons (Fsp3) is 0.458. The van der Waals surface area contributed by atoms with E-state index in [2.05, 4.69) is 15.6 Å². The predicted molar refractivity (Wildman–Crippen MR) is 120 cm³/mol. The van der Waals surface area contributed by atoms with Crippen LogP contribution in [0.1, 0.15) is 50.0 Å². The summed E-state index contributed by atoms with van der Waals surface area (Å²) < 4.78 is 37.6. The van der Waals surface area contributed by atoms with Gasteiger partial charge < -0.3 is 25.2 Å². The molecule has 0 spiro atoms. The maximum absolute atomic E-state index is 13.2. The quantitative estimate of drug-likeness (QED) is 0.531. The number of carbonyl (C=O) groups excluding carboxylic acids is 2. The molecule has 2 heterocycles. The number of hydrogen-bond donors (Lipinski definition) is 3. The smallest absolute Gasteiger partial charge is 0.286 e. The van der Waals surface area contributed by atoms with Crippen molar-refractivity contribution in [3.63, 3.8) is 0 Å². The van der Waals surface area contributed by atoms with Gasteiger partial charge in [-0.2, -0.15) is 8.78 Å². The van der Waals surface area contributed by atoms with Crippen molar-refractivity contribution < 1.29 is 33.0 Å². The highest BCUT2D eigenvalue weighted by Gasteiger charge is 2.69. The number of benzene rings is 1. The number of alkyl halides is 2. The van der Waals surface area contributed by atoms with E-state index in [1.165, 1.54) is 6.07 Å². The molecule has 2 bridgehead atoms. The van der Waals surface area contributed by atoms with Gasteiger partial charge >= 0.3 is 0 Å². The molecule has 11 heteroatoms. The molecular weight excluding hydrogens is 484 g/mol. The van der Waals surface area contributed by atoms with Gasteiger partial charge in [-0.1, -0.05) is 11.6 Å². The van der Waals surface area contributed by atoms with Crippen LogP contribution in [0.15, 0.2) is 36.5 Å². The fourth-order valence-corrected chi connectivity index (χ4v) is 5.36. The molecule has 1 aliphatic heterocycles. The lowest BCUT2D eigenvalue weighted by atomic mass is 9.44. The summed E-state index contributed by atoms with van der Waals surface area (Å²) in [5.74, 6) is -3.05. The molecule has 4 aliphatic rings. The highest BCUT2D eigenvalue weighted by atomic mass is 35.5. The Morgan fingerprint density at radius 2 is 1.94 bits per heavy atom. The Hall–Kier alpha value is -2.98. The van der Waals surface area contributed by atoms with E-state index in [4.69, 9.17) is 21.1 Å². The Morgan fingerprint density at radius 3 is 2.60 bits per heavy atom. The van der Waals surface area contributed by atoms with Gasteiger partial charge in [0.05, 0.1) is 12.3 Å². The fourth-order valence-electron chi connectivity index (χ4n) is 5.18. The molecule has 8 nitrogen and oxygen atoms in total. The van der Waals surface area contributed by atoms with Gasteiger partial charge in [0.15, 0.2) is 12.7 Å². The molecule has 0 saturated heterocycles. The Balaban J connectivity index is 1.08. The zero-order chi connectivity index (χ0) is 25.0. The molecule has 35 heavy (non-hydrogen) atoms. The molecule has 2 atom stereocenters. The van der Waals surface area contributed by atoms with Crippen LogP contribution in [0.25, 0.3) is 0 Å². The number of hydrogen-bond acceptors (Lipinski definition) is 6. The van der Waals surface area contributed by atoms with Crippen LogP contribution in [-0.4, -0.2) is 45.7 Å². The first-order valence-corrected chi connectivity index (χ1v) is 11.6. The lowest BCUT2D eigenvalue weighted by molar-refractivity contribution is -0.155. The van der Waals surface area contributed by atoms with Crippen LogP contribution in [0, 0.1) is 0 Å². The molecule has 186 valence electrons. The van der Waals surface area contributed by atoms with Crippen LogP contribution in [0.3, 0.4) is 0 Å². The molecule has 0 radical (unpaired) electrons. The number of nitrogens with one attached hydrogen (secondary N) is 2. The molecule has 3 aliphatic carbocycles. The molecule has 3 saturated carbocycles. The van der Waals surface area contributed by atoms with Crippen LogP contribution in [0.5, 0.6) is 11.5 Å². The molecule has 1 aromatic heterocycles. The lowest BCUT2D eigenvalue weighted by Gasteiger charge is -2.70. The minimum Gasteiger partial charge on any atom is -0.482 e. The van der Waals surface area contributed by atoms with Gasteiger partial charge in [0.2, 0.25) is 0 Å². The number of aromatic nitrogens is 1. The molecule has 3 fully saturated rings. The van der Waals surface area contributed by atoms with E-state index >= 15 is 0 Å². The number of carbonyl (C=O) groups is 2. The lowest BCUT2D eigenvalue weighted by Crippen LogP contribution is -2.84. The Labute approximate surface area is 205 Å². The highest BCUT2D eigenvalue weighted by Crippen LogP contribution is 2.60. The molecular formula is C24H24ClF2N3O5. The minimum absolute atomic E-state index is 0.125. The van der Waals surface area contributed by atoms with Crippen molar-refractivity contribution in [2.45, 2.75) is 61.8 Å². The summed E-state index contributed by atoms with van der Waals surface area (Å²) in [6.45, 7) is 0.477. The van der Waals surface area contributed by atoms with Crippen molar-refractivity contribution in [1.29, 1.82) is 0 Å². The SMILES string of the molecule is CC(F)(F)c1ccc(OCC(=O)NC23CC(NC(=O)[C@H]4C[C@@H](O)c5cc(Cl)ccc5O4)(C2)C3)cn1. The molecule has 3 N–H and O–H groups in total. The maximum Gasteiger partial charge on any atom is 0.286 e. The summed E-state index contributed by atoms with van der Waals surface area (Å²) in [7, 11) is 0. The van der Waals surface area contributed by atoms with Crippen molar-refractivity contribution in [1.82, 2.24) is 15.6 Å². The highest BCUT2D eigenvalue weighted by molar-refractivity contribution is 6.30. The summed E-state index contributed by atoms with van der Waals surface area (Å²) in [4.78, 5) is 28.8. The average Bonchev–Trinajstić information content (AvgIpc) is 2.75. The molecule has 0 unspecified atom stereocenters. The second-order valence-corrected chi connectivity index (χ2v) is 10.2. The van der Waals surface area contributed by atoms with Crippen LogP contribution in [-0.2, 0) is 15.5 Å². The monoisotopic (exact) mass is 507 g/mol. The standard InChI is InChI=1S/C24H24ClF2N3O5/c1-22(26,27)19-5-3-14(8-28-19)34-9-20(32)29-23-10-24(11-23,12-23)30-21(33)18-7-16(31)15-6-13(25)2-4-17(15)35-18/h2-6,8,16,18,31H,7,9-12H2,1H3,(H,29,32)(H,30,33)/t16-,18-,23?,24?/m1/s1. The second kappa shape index (κ2) is 8.30. The topological polar surface area (TPSA) is 110 Å². The molecule has 1 aromatic carbocycles. The first-order chi connectivity index (χ1) is 16.5. The van der Waals surface area contributed by atoms with E-state index < -0.39 is 29.2 Å². The van der Waals surface area contributed by atoms with Gasteiger partial charge in [-0.3, -0.25) is 14.6 Å². The largest absolute Gasteiger partial charge is 0.482 e. The summed E-state index contributed by atoms with van der Waals surface area (Å²) in [5.41, 5.74) is -0.607. The number of amides is 2. The van der Waals surface area contributed by atoms with E-state index in [9.17, 15) is 23.5 Å². The average molecular weight is 508 g/mol. The summed E-state index contributed by atoms with van der Waals surface area (Å²) in [6.07, 6.45) is 1.36. The van der Waals surface area contributed by atoms with Gasteiger partial charge in [0, 0.05) is 35.0 Å². The summed E-state index contributed by atoms with van der Waals surface area (Å²) in [5, 5.41) is 16.8. The van der Waals surface area contributed by atoms with E-state index in [1.54, 1.807) is 18.2 Å².